The molecule has 0 aliphatic rings. The van der Waals surface area contributed by atoms with Crippen molar-refractivity contribution in [2.75, 3.05) is 28.4 Å². The smallest absolute Gasteiger partial charge is 0.203 e. The molecule has 0 saturated carbocycles. The van der Waals surface area contributed by atoms with Crippen LogP contribution in [0.1, 0.15) is 44.4 Å². The maximum absolute atomic E-state index is 5.37. The van der Waals surface area contributed by atoms with Crippen LogP contribution in [0.5, 0.6) is 23.0 Å². The Morgan fingerprint density at radius 3 is 1.48 bits per heavy atom. The van der Waals surface area contributed by atoms with E-state index in [0.29, 0.717) is 17.2 Å². The Morgan fingerprint density at radius 2 is 1.07 bits per heavy atom. The van der Waals surface area contributed by atoms with Crippen LogP contribution in [0, 0.1) is 6.92 Å². The zero-order valence-electron chi connectivity index (χ0n) is 18.2. The molecule has 0 fully saturated rings. The first-order valence-corrected chi connectivity index (χ1v) is 9.25. The van der Waals surface area contributed by atoms with Crippen molar-refractivity contribution in [3.8, 4) is 23.0 Å². The maximum Gasteiger partial charge on any atom is 0.203 e. The molecule has 0 N–H and O–H groups in total. The van der Waals surface area contributed by atoms with Crippen molar-refractivity contribution in [3.05, 3.63) is 47.0 Å². The number of methoxy groups -OCH3 is 4. The molecular formula is C23H34O4. The van der Waals surface area contributed by atoms with Crippen LogP contribution in [0.2, 0.25) is 0 Å². The van der Waals surface area contributed by atoms with E-state index in [0.717, 1.165) is 22.4 Å². The van der Waals surface area contributed by atoms with E-state index in [4.69, 9.17) is 18.9 Å². The number of hydrogen-bond donors (Lipinski definition) is 0. The molecule has 2 rings (SSSR count). The topological polar surface area (TPSA) is 36.9 Å². The third kappa shape index (κ3) is 6.89. The number of hydrogen-bond acceptors (Lipinski definition) is 4. The zero-order chi connectivity index (χ0) is 20.8. The lowest BCUT2D eigenvalue weighted by atomic mass is 10.1. The summed E-state index contributed by atoms with van der Waals surface area (Å²) in [7, 11) is 6.49. The highest BCUT2D eigenvalue weighted by atomic mass is 16.5. The minimum absolute atomic E-state index is 0.590. The zero-order valence-corrected chi connectivity index (χ0v) is 18.2. The summed E-state index contributed by atoms with van der Waals surface area (Å²) in [4.78, 5) is 0. The first-order chi connectivity index (χ1) is 13.1. The maximum atomic E-state index is 5.37. The minimum atomic E-state index is 0.590. The van der Waals surface area contributed by atoms with Gasteiger partial charge in [0.25, 0.3) is 0 Å². The largest absolute Gasteiger partial charge is 0.496 e. The molecule has 4 nitrogen and oxygen atoms in total. The Labute approximate surface area is 164 Å². The molecule has 0 bridgehead atoms. The lowest BCUT2D eigenvalue weighted by Gasteiger charge is -2.12. The lowest BCUT2D eigenvalue weighted by molar-refractivity contribution is 0.324. The van der Waals surface area contributed by atoms with E-state index < -0.39 is 0 Å². The summed E-state index contributed by atoms with van der Waals surface area (Å²) in [6, 6.07) is 9.88. The van der Waals surface area contributed by atoms with Gasteiger partial charge in [-0.1, -0.05) is 45.9 Å². The van der Waals surface area contributed by atoms with Crippen LogP contribution >= 0.6 is 0 Å². The van der Waals surface area contributed by atoms with Crippen LogP contribution in [0.4, 0.5) is 0 Å². The van der Waals surface area contributed by atoms with E-state index in [1.165, 1.54) is 0 Å². The summed E-state index contributed by atoms with van der Waals surface area (Å²) in [5.74, 6) is 2.75. The molecule has 0 heterocycles. The summed E-state index contributed by atoms with van der Waals surface area (Å²) in [6.45, 7) is 10.0. The SMILES string of the molecule is CC.CC.COc1ccc(/C=C\c2cc(OC)c(OC)c(OC)c2)cc1C. The lowest BCUT2D eigenvalue weighted by Crippen LogP contribution is -1.95. The highest BCUT2D eigenvalue weighted by Crippen LogP contribution is 2.38. The summed E-state index contributed by atoms with van der Waals surface area (Å²) < 4.78 is 21.3. The second-order valence-electron chi connectivity index (χ2n) is 5.02. The fraction of sp³-hybridized carbons (Fsp3) is 0.391. The third-order valence-corrected chi connectivity index (χ3v) is 3.57. The summed E-state index contributed by atoms with van der Waals surface area (Å²) in [5.41, 5.74) is 3.16. The van der Waals surface area contributed by atoms with Gasteiger partial charge in [0.15, 0.2) is 11.5 Å². The van der Waals surface area contributed by atoms with Crippen molar-refractivity contribution in [2.24, 2.45) is 0 Å². The van der Waals surface area contributed by atoms with Crippen LogP contribution in [-0.4, -0.2) is 28.4 Å². The Kier molecular flexibility index (Phi) is 12.2. The molecule has 0 atom stereocenters. The van der Waals surface area contributed by atoms with Gasteiger partial charge in [-0.15, -0.1) is 0 Å². The van der Waals surface area contributed by atoms with Crippen LogP contribution in [-0.2, 0) is 0 Å². The van der Waals surface area contributed by atoms with Gasteiger partial charge in [0, 0.05) is 0 Å². The van der Waals surface area contributed by atoms with E-state index >= 15 is 0 Å². The Hall–Kier alpha value is -2.62. The third-order valence-electron chi connectivity index (χ3n) is 3.57. The van der Waals surface area contributed by atoms with E-state index in [1.807, 2.05) is 71.0 Å². The van der Waals surface area contributed by atoms with Gasteiger partial charge in [0.1, 0.15) is 5.75 Å². The number of benzene rings is 2. The van der Waals surface area contributed by atoms with Crippen molar-refractivity contribution in [1.82, 2.24) is 0 Å². The molecule has 0 aliphatic carbocycles. The molecule has 150 valence electrons. The van der Waals surface area contributed by atoms with Crippen molar-refractivity contribution in [1.29, 1.82) is 0 Å². The monoisotopic (exact) mass is 374 g/mol. The number of aryl methyl sites for hydroxylation is 1. The summed E-state index contributed by atoms with van der Waals surface area (Å²) in [6.07, 6.45) is 4.04. The van der Waals surface area contributed by atoms with Gasteiger partial charge >= 0.3 is 0 Å². The van der Waals surface area contributed by atoms with Gasteiger partial charge in [-0.2, -0.15) is 0 Å². The second-order valence-corrected chi connectivity index (χ2v) is 5.02. The van der Waals surface area contributed by atoms with Gasteiger partial charge in [0.05, 0.1) is 28.4 Å². The van der Waals surface area contributed by atoms with E-state index in [9.17, 15) is 0 Å². The average molecular weight is 375 g/mol. The Balaban J connectivity index is 0.00000158. The van der Waals surface area contributed by atoms with Crippen molar-refractivity contribution >= 4 is 12.2 Å². The molecular weight excluding hydrogens is 340 g/mol. The van der Waals surface area contributed by atoms with Crippen molar-refractivity contribution in [2.45, 2.75) is 34.6 Å². The van der Waals surface area contributed by atoms with E-state index in [1.54, 1.807) is 28.4 Å². The highest BCUT2D eigenvalue weighted by molar-refractivity contribution is 5.73. The van der Waals surface area contributed by atoms with Crippen LogP contribution in [0.25, 0.3) is 12.2 Å². The standard InChI is InChI=1S/C19H22O4.2C2H6/c1-13-10-14(8-9-16(13)20-2)6-7-15-11-17(21-3)19(23-5)18(12-15)22-4;2*1-2/h6-12H,1-5H3;2*1-2H3/b7-6-;;. The minimum Gasteiger partial charge on any atom is -0.496 e. The van der Waals surface area contributed by atoms with Crippen molar-refractivity contribution < 1.29 is 18.9 Å². The van der Waals surface area contributed by atoms with Gasteiger partial charge in [-0.05, 0) is 47.9 Å². The fourth-order valence-corrected chi connectivity index (χ4v) is 2.40. The Morgan fingerprint density at radius 1 is 0.593 bits per heavy atom. The summed E-state index contributed by atoms with van der Waals surface area (Å²) >= 11 is 0. The van der Waals surface area contributed by atoms with Gasteiger partial charge in [-0.3, -0.25) is 0 Å². The molecule has 0 aromatic heterocycles. The van der Waals surface area contributed by atoms with Crippen LogP contribution in [0.3, 0.4) is 0 Å². The molecule has 0 spiro atoms. The van der Waals surface area contributed by atoms with Gasteiger partial charge in [-0.25, -0.2) is 0 Å². The first kappa shape index (κ1) is 24.4. The molecule has 0 amide bonds. The van der Waals surface area contributed by atoms with Gasteiger partial charge in [0.2, 0.25) is 5.75 Å². The van der Waals surface area contributed by atoms with E-state index in [2.05, 4.69) is 6.07 Å². The normalized spacial score (nSPS) is 9.52. The molecule has 27 heavy (non-hydrogen) atoms. The van der Waals surface area contributed by atoms with Crippen LogP contribution < -0.4 is 18.9 Å². The van der Waals surface area contributed by atoms with Gasteiger partial charge < -0.3 is 18.9 Å². The number of rotatable bonds is 6. The number of ether oxygens (including phenoxy) is 4. The predicted octanol–water partition coefficient (Wildman–Crippen LogP) is 6.25. The molecule has 0 saturated heterocycles. The Bertz CT molecular complexity index is 681. The molecule has 2 aromatic carbocycles. The average Bonchev–Trinajstić information content (AvgIpc) is 2.74. The molecule has 0 radical (unpaired) electrons. The fourth-order valence-electron chi connectivity index (χ4n) is 2.40. The summed E-state index contributed by atoms with van der Waals surface area (Å²) in [5, 5.41) is 0. The van der Waals surface area contributed by atoms with Crippen molar-refractivity contribution in [3.63, 3.8) is 0 Å². The highest BCUT2D eigenvalue weighted by Gasteiger charge is 2.11. The van der Waals surface area contributed by atoms with E-state index in [-0.39, 0.29) is 0 Å². The molecule has 0 unspecified atom stereocenters. The molecule has 2 aromatic rings. The molecule has 0 aliphatic heterocycles. The van der Waals surface area contributed by atoms with Crippen LogP contribution in [0.15, 0.2) is 30.3 Å². The molecule has 4 heteroatoms. The first-order valence-electron chi connectivity index (χ1n) is 9.25. The quantitative estimate of drug-likeness (QED) is 0.560. The predicted molar refractivity (Wildman–Crippen MR) is 115 cm³/mol. The second kappa shape index (κ2) is 13.6.